The van der Waals surface area contributed by atoms with Crippen LogP contribution >= 0.6 is 11.8 Å². The molecule has 0 saturated heterocycles. The average Bonchev–Trinajstić information content (AvgIpc) is 2.26. The molecule has 0 unspecified atom stereocenters. The summed E-state index contributed by atoms with van der Waals surface area (Å²) in [6.45, 7) is 6.68. The molecule has 1 radical (unpaired) electrons. The SMILES string of the molecule is C[C-]1C2=CC=C(C(C)C)C=C1SC=C2.[Lr]. The molecule has 0 fully saturated rings. The molecule has 2 bridgehead atoms. The number of fused-ring (bicyclic) bond motifs is 2. The Hall–Kier alpha value is -1.82. The first-order chi connectivity index (χ1) is 6.68. The van der Waals surface area contributed by atoms with Crippen molar-refractivity contribution in [1.82, 2.24) is 0 Å². The molecule has 0 spiro atoms. The summed E-state index contributed by atoms with van der Waals surface area (Å²) in [4.78, 5) is 1.40. The van der Waals surface area contributed by atoms with E-state index in [1.165, 1.54) is 22.0 Å². The van der Waals surface area contributed by atoms with Crippen molar-refractivity contribution in [2.24, 2.45) is 5.92 Å². The van der Waals surface area contributed by atoms with Gasteiger partial charge in [0.05, 0.1) is 0 Å². The fourth-order valence-corrected chi connectivity index (χ4v) is 2.46. The first kappa shape index (κ1) is 11.3. The van der Waals surface area contributed by atoms with Crippen LogP contribution in [0.2, 0.25) is 0 Å². The predicted octanol–water partition coefficient (Wildman–Crippen LogP) is 4.25. The van der Waals surface area contributed by atoms with Gasteiger partial charge in [0.1, 0.15) is 0 Å². The van der Waals surface area contributed by atoms with Gasteiger partial charge in [-0.2, -0.15) is 0 Å². The van der Waals surface area contributed by atoms with E-state index in [1.54, 1.807) is 0 Å². The molecule has 2 heteroatoms. The van der Waals surface area contributed by atoms with Gasteiger partial charge < -0.3 is 0 Å². The molecule has 2 aliphatic rings. The van der Waals surface area contributed by atoms with Crippen LogP contribution in [0, 0.1) is 11.8 Å². The van der Waals surface area contributed by atoms with Crippen LogP contribution in [-0.2, 0) is 0 Å². The van der Waals surface area contributed by atoms with Crippen molar-refractivity contribution in [2.45, 2.75) is 20.8 Å². The van der Waals surface area contributed by atoms with Gasteiger partial charge >= 0.3 is 0 Å². The van der Waals surface area contributed by atoms with Crippen molar-refractivity contribution >= 4 is 11.8 Å². The zero-order valence-corrected chi connectivity index (χ0v) is 12.1. The van der Waals surface area contributed by atoms with Gasteiger partial charge in [0.2, 0.25) is 0 Å². The van der Waals surface area contributed by atoms with Crippen molar-refractivity contribution in [2.75, 3.05) is 0 Å². The topological polar surface area (TPSA) is 0 Å². The molecule has 15 heavy (non-hydrogen) atoms. The van der Waals surface area contributed by atoms with Crippen LogP contribution in [-0.4, -0.2) is 0 Å². The molecular weight excluding hydrogens is 450 g/mol. The third-order valence-corrected chi connectivity index (χ3v) is 3.62. The fourth-order valence-electron chi connectivity index (χ4n) is 1.60. The second-order valence-corrected chi connectivity index (χ2v) is 4.95. The molecule has 89 valence electrons. The summed E-state index contributed by atoms with van der Waals surface area (Å²) in [6.07, 6.45) is 8.98. The zero-order valence-electron chi connectivity index (χ0n) is 9.13. The zero-order chi connectivity index (χ0) is 10.1. The standard InChI is InChI=1S/C13H15S.Lr/c1-9(2)12-5-4-11-6-7-14-13(8-12)10(11)3;/h4-9H,1-3H3;/q-1;. The van der Waals surface area contributed by atoms with E-state index in [0.717, 1.165) is 0 Å². The third kappa shape index (κ3) is 1.99. The molecule has 0 amide bonds. The summed E-state index contributed by atoms with van der Waals surface area (Å²) in [5, 5.41) is 2.17. The molecule has 1 aliphatic carbocycles. The average molecular weight is 465 g/mol. The minimum Gasteiger partial charge on any atom is -0.144 e. The van der Waals surface area contributed by atoms with Gasteiger partial charge in [-0.3, -0.25) is 0 Å². The molecule has 2 rings (SSSR count). The Kier molecular flexibility index (Phi) is 3.11. The molecule has 0 atom stereocenters. The van der Waals surface area contributed by atoms with Crippen LogP contribution in [0.1, 0.15) is 20.8 Å². The Morgan fingerprint density at radius 2 is 2.00 bits per heavy atom. The van der Waals surface area contributed by atoms with Crippen LogP contribution < -0.4 is 0 Å². The molecule has 1 aliphatic heterocycles. The molecular formula is C13H15LrS-. The van der Waals surface area contributed by atoms with Gasteiger partial charge in [0.15, 0.2) is 0 Å². The van der Waals surface area contributed by atoms with Crippen LogP contribution in [0.25, 0.3) is 0 Å². The normalized spacial score (nSPS) is 18.9. The van der Waals surface area contributed by atoms with E-state index in [-0.39, 0.29) is 0 Å². The second-order valence-electron chi connectivity index (χ2n) is 4.00. The summed E-state index contributed by atoms with van der Waals surface area (Å²) >= 11 is 1.82. The molecule has 0 saturated carbocycles. The number of rotatable bonds is 1. The van der Waals surface area contributed by atoms with Gasteiger partial charge in [-0.05, 0) is 5.92 Å². The Balaban J connectivity index is 0.00000112. The minimum atomic E-state index is 0. The maximum Gasteiger partial charge on any atom is 0 e. The van der Waals surface area contributed by atoms with E-state index >= 15 is 0 Å². The number of thioether (sulfide) groups is 1. The smallest absolute Gasteiger partial charge is 0 e. The summed E-state index contributed by atoms with van der Waals surface area (Å²) in [6, 6.07) is 0. The van der Waals surface area contributed by atoms with E-state index in [9.17, 15) is 0 Å². The number of hydrogen-bond acceptors (Lipinski definition) is 1. The summed E-state index contributed by atoms with van der Waals surface area (Å²) in [5.74, 6) is 2.01. The van der Waals surface area contributed by atoms with E-state index in [4.69, 9.17) is 0 Å². The summed E-state index contributed by atoms with van der Waals surface area (Å²) < 4.78 is 0. The first-order valence-corrected chi connectivity index (χ1v) is 5.87. The molecule has 0 N–H and O–H groups in total. The fraction of sp³-hybridized carbons (Fsp3) is 0.308. The summed E-state index contributed by atoms with van der Waals surface area (Å²) in [7, 11) is 0. The van der Waals surface area contributed by atoms with E-state index in [1.807, 2.05) is 11.8 Å². The van der Waals surface area contributed by atoms with Gasteiger partial charge in [-0.15, -0.1) is 47.6 Å². The first-order valence-electron chi connectivity index (χ1n) is 4.99. The van der Waals surface area contributed by atoms with Gasteiger partial charge in [0.25, 0.3) is 0 Å². The maximum atomic E-state index is 2.32. The third-order valence-electron chi connectivity index (χ3n) is 2.66. The Morgan fingerprint density at radius 3 is 2.67 bits per heavy atom. The van der Waals surface area contributed by atoms with Crippen LogP contribution in [0.4, 0.5) is 0 Å². The summed E-state index contributed by atoms with van der Waals surface area (Å²) in [5.41, 5.74) is 2.77. The second kappa shape index (κ2) is 4.14. The van der Waals surface area contributed by atoms with Crippen molar-refractivity contribution in [1.29, 1.82) is 0 Å². The maximum absolute atomic E-state index is 2.32. The minimum absolute atomic E-state index is 0. The van der Waals surface area contributed by atoms with Crippen LogP contribution in [0.3, 0.4) is 0 Å². The molecule has 0 aromatic rings. The van der Waals surface area contributed by atoms with E-state index < -0.39 is 0 Å². The van der Waals surface area contributed by atoms with Crippen LogP contribution in [0.15, 0.2) is 45.8 Å². The molecule has 0 aromatic carbocycles. The number of hydrogen-bond donors (Lipinski definition) is 0. The monoisotopic (exact) mass is 465 g/mol. The Morgan fingerprint density at radius 1 is 1.27 bits per heavy atom. The molecule has 0 aromatic heterocycles. The number of allylic oxidation sites excluding steroid dienone is 7. The van der Waals surface area contributed by atoms with Crippen molar-refractivity contribution in [3.8, 4) is 0 Å². The predicted molar refractivity (Wildman–Crippen MR) is 64.7 cm³/mol. The van der Waals surface area contributed by atoms with Crippen molar-refractivity contribution in [3.05, 3.63) is 51.7 Å². The Bertz CT molecular complexity index is 359. The van der Waals surface area contributed by atoms with Crippen LogP contribution in [0.5, 0.6) is 0 Å². The quantitative estimate of drug-likeness (QED) is 0.522. The largest absolute Gasteiger partial charge is 0.144 e. The van der Waals surface area contributed by atoms with Crippen molar-refractivity contribution in [3.63, 3.8) is 0 Å². The van der Waals surface area contributed by atoms with Gasteiger partial charge in [-0.1, -0.05) is 36.7 Å². The van der Waals surface area contributed by atoms with Gasteiger partial charge in [-0.25, -0.2) is 0 Å². The van der Waals surface area contributed by atoms with Crippen molar-refractivity contribution < 1.29 is 0 Å². The molecule has 0 nitrogen and oxygen atoms in total. The van der Waals surface area contributed by atoms with Gasteiger partial charge in [0, 0.05) is 0 Å². The Labute approximate surface area is 90.5 Å². The van der Waals surface area contributed by atoms with E-state index in [0.29, 0.717) is 5.92 Å². The molecule has 1 heterocycles. The van der Waals surface area contributed by atoms with E-state index in [2.05, 4.69) is 50.5 Å².